The van der Waals surface area contributed by atoms with Crippen molar-refractivity contribution in [2.75, 3.05) is 13.1 Å². The van der Waals surface area contributed by atoms with E-state index in [0.29, 0.717) is 12.6 Å². The summed E-state index contributed by atoms with van der Waals surface area (Å²) in [6, 6.07) is 0.547. The number of piperidine rings is 1. The van der Waals surface area contributed by atoms with Gasteiger partial charge >= 0.3 is 0 Å². The van der Waals surface area contributed by atoms with Crippen LogP contribution in [-0.4, -0.2) is 35.5 Å². The standard InChI is InChI=1S/C16H32N2O.ClH/c1-13-9-7-8-10-18(13)11-14(19)17-16(5,6)12-15(2,3)4;/h13H,7-12H2,1-6H3,(H,17,19);1H. The van der Waals surface area contributed by atoms with E-state index in [1.54, 1.807) is 0 Å². The zero-order valence-electron chi connectivity index (χ0n) is 14.1. The molecule has 0 saturated carbocycles. The molecule has 3 nitrogen and oxygen atoms in total. The first-order valence-electron chi connectivity index (χ1n) is 7.64. The average molecular weight is 305 g/mol. The molecule has 1 N–H and O–H groups in total. The van der Waals surface area contributed by atoms with Crippen LogP contribution in [0.1, 0.15) is 67.2 Å². The summed E-state index contributed by atoms with van der Waals surface area (Å²) >= 11 is 0. The number of likely N-dealkylation sites (tertiary alicyclic amines) is 1. The van der Waals surface area contributed by atoms with Crippen molar-refractivity contribution in [2.24, 2.45) is 5.41 Å². The number of nitrogens with one attached hydrogen (secondary N) is 1. The SMILES string of the molecule is CC1CCCCN1CC(=O)NC(C)(C)CC(C)(C)C.Cl. The minimum Gasteiger partial charge on any atom is -0.350 e. The summed E-state index contributed by atoms with van der Waals surface area (Å²) in [7, 11) is 0. The second-order valence-electron chi connectivity index (χ2n) is 7.98. The lowest BCUT2D eigenvalue weighted by Crippen LogP contribution is -2.51. The van der Waals surface area contributed by atoms with Gasteiger partial charge in [0.15, 0.2) is 0 Å². The Kier molecular flexibility index (Phi) is 7.54. The molecule has 1 saturated heterocycles. The largest absolute Gasteiger partial charge is 0.350 e. The molecule has 1 aliphatic rings. The fourth-order valence-corrected chi connectivity index (χ4v) is 3.36. The highest BCUT2D eigenvalue weighted by molar-refractivity contribution is 5.85. The fourth-order valence-electron chi connectivity index (χ4n) is 3.36. The number of nitrogens with zero attached hydrogens (tertiary/aromatic N) is 1. The van der Waals surface area contributed by atoms with Crippen molar-refractivity contribution >= 4 is 18.3 Å². The van der Waals surface area contributed by atoms with E-state index in [9.17, 15) is 4.79 Å². The Morgan fingerprint density at radius 2 is 1.80 bits per heavy atom. The molecule has 0 aliphatic carbocycles. The van der Waals surface area contributed by atoms with E-state index in [2.05, 4.69) is 51.8 Å². The molecule has 0 bridgehead atoms. The van der Waals surface area contributed by atoms with Gasteiger partial charge < -0.3 is 5.32 Å². The summed E-state index contributed by atoms with van der Waals surface area (Å²) in [5.41, 5.74) is 0.101. The topological polar surface area (TPSA) is 32.3 Å². The number of amides is 1. The number of halogens is 1. The molecule has 20 heavy (non-hydrogen) atoms. The molecule has 0 aromatic rings. The smallest absolute Gasteiger partial charge is 0.234 e. The molecule has 1 rings (SSSR count). The second-order valence-corrected chi connectivity index (χ2v) is 7.98. The van der Waals surface area contributed by atoms with Gasteiger partial charge in [0.25, 0.3) is 0 Å². The molecule has 1 unspecified atom stereocenters. The summed E-state index contributed by atoms with van der Waals surface area (Å²) in [6.45, 7) is 14.7. The number of carbonyl (C=O) groups is 1. The molecule has 0 radical (unpaired) electrons. The van der Waals surface area contributed by atoms with Crippen molar-refractivity contribution < 1.29 is 4.79 Å². The molecule has 1 aliphatic heterocycles. The van der Waals surface area contributed by atoms with Gasteiger partial charge in [0.2, 0.25) is 5.91 Å². The van der Waals surface area contributed by atoms with Crippen LogP contribution in [0.4, 0.5) is 0 Å². The van der Waals surface area contributed by atoms with Gasteiger partial charge in [-0.15, -0.1) is 12.4 Å². The van der Waals surface area contributed by atoms with E-state index < -0.39 is 0 Å². The molecule has 120 valence electrons. The van der Waals surface area contributed by atoms with Crippen LogP contribution in [0, 0.1) is 5.41 Å². The Balaban J connectivity index is 0.00000361. The normalized spacial score (nSPS) is 21.2. The highest BCUT2D eigenvalue weighted by Gasteiger charge is 2.28. The molecule has 1 fully saturated rings. The van der Waals surface area contributed by atoms with Crippen LogP contribution >= 0.6 is 12.4 Å². The van der Waals surface area contributed by atoms with E-state index in [1.807, 2.05) is 0 Å². The molecular formula is C16H33ClN2O. The van der Waals surface area contributed by atoms with Gasteiger partial charge in [-0.3, -0.25) is 9.69 Å². The third-order valence-corrected chi connectivity index (χ3v) is 3.74. The van der Waals surface area contributed by atoms with Gasteiger partial charge in [-0.1, -0.05) is 27.2 Å². The molecular weight excluding hydrogens is 272 g/mol. The summed E-state index contributed by atoms with van der Waals surface area (Å²) in [4.78, 5) is 14.5. The van der Waals surface area contributed by atoms with Gasteiger partial charge in [0.05, 0.1) is 6.54 Å². The molecule has 0 spiro atoms. The van der Waals surface area contributed by atoms with Crippen molar-refractivity contribution in [3.05, 3.63) is 0 Å². The maximum atomic E-state index is 12.2. The second kappa shape index (κ2) is 7.65. The third-order valence-electron chi connectivity index (χ3n) is 3.74. The monoisotopic (exact) mass is 304 g/mol. The van der Waals surface area contributed by atoms with E-state index >= 15 is 0 Å². The summed E-state index contributed by atoms with van der Waals surface area (Å²) in [5.74, 6) is 0.169. The molecule has 4 heteroatoms. The predicted octanol–water partition coefficient (Wildman–Crippen LogP) is 3.61. The van der Waals surface area contributed by atoms with Gasteiger partial charge in [-0.05, 0) is 52.0 Å². The van der Waals surface area contributed by atoms with Crippen molar-refractivity contribution in [1.82, 2.24) is 10.2 Å². The summed E-state index contributed by atoms with van der Waals surface area (Å²) in [6.07, 6.45) is 4.73. The quantitative estimate of drug-likeness (QED) is 0.860. The van der Waals surface area contributed by atoms with Crippen molar-refractivity contribution in [3.8, 4) is 0 Å². The van der Waals surface area contributed by atoms with Crippen molar-refractivity contribution in [1.29, 1.82) is 0 Å². The molecule has 1 heterocycles. The van der Waals surface area contributed by atoms with Gasteiger partial charge in [-0.25, -0.2) is 0 Å². The van der Waals surface area contributed by atoms with Crippen LogP contribution in [0.2, 0.25) is 0 Å². The highest BCUT2D eigenvalue weighted by Crippen LogP contribution is 2.26. The lowest BCUT2D eigenvalue weighted by molar-refractivity contribution is -0.125. The summed E-state index contributed by atoms with van der Waals surface area (Å²) < 4.78 is 0. The van der Waals surface area contributed by atoms with Gasteiger partial charge in [0, 0.05) is 11.6 Å². The lowest BCUT2D eigenvalue weighted by Gasteiger charge is -2.36. The summed E-state index contributed by atoms with van der Waals surface area (Å²) in [5, 5.41) is 3.20. The number of carbonyl (C=O) groups excluding carboxylic acids is 1. The third kappa shape index (κ3) is 7.49. The van der Waals surface area contributed by atoms with Crippen LogP contribution in [0.3, 0.4) is 0 Å². The first-order valence-corrected chi connectivity index (χ1v) is 7.64. The Bertz CT molecular complexity index is 310. The number of hydrogen-bond donors (Lipinski definition) is 1. The Morgan fingerprint density at radius 3 is 2.30 bits per heavy atom. The van der Waals surface area contributed by atoms with Crippen molar-refractivity contribution in [3.63, 3.8) is 0 Å². The molecule has 0 aromatic heterocycles. The highest BCUT2D eigenvalue weighted by atomic mass is 35.5. The molecule has 1 amide bonds. The number of rotatable bonds is 4. The zero-order valence-corrected chi connectivity index (χ0v) is 14.9. The fraction of sp³-hybridized carbons (Fsp3) is 0.938. The van der Waals surface area contributed by atoms with Crippen LogP contribution in [0.15, 0.2) is 0 Å². The Morgan fingerprint density at radius 1 is 1.20 bits per heavy atom. The zero-order chi connectivity index (χ0) is 14.7. The van der Waals surface area contributed by atoms with E-state index in [-0.39, 0.29) is 29.3 Å². The van der Waals surface area contributed by atoms with Crippen LogP contribution < -0.4 is 5.32 Å². The minimum absolute atomic E-state index is 0. The first-order chi connectivity index (χ1) is 8.59. The number of hydrogen-bond acceptors (Lipinski definition) is 2. The first kappa shape index (κ1) is 19.7. The van der Waals surface area contributed by atoms with Gasteiger partial charge in [0.1, 0.15) is 0 Å². The maximum Gasteiger partial charge on any atom is 0.234 e. The van der Waals surface area contributed by atoms with Crippen LogP contribution in [-0.2, 0) is 4.79 Å². The van der Waals surface area contributed by atoms with E-state index in [1.165, 1.54) is 19.3 Å². The van der Waals surface area contributed by atoms with E-state index in [0.717, 1.165) is 13.0 Å². The van der Waals surface area contributed by atoms with Crippen molar-refractivity contribution in [2.45, 2.75) is 78.8 Å². The Hall–Kier alpha value is -0.280. The predicted molar refractivity (Wildman–Crippen MR) is 88.4 cm³/mol. The molecule has 0 aromatic carbocycles. The maximum absolute atomic E-state index is 12.2. The average Bonchev–Trinajstić information content (AvgIpc) is 2.16. The lowest BCUT2D eigenvalue weighted by atomic mass is 9.82. The Labute approximate surface area is 131 Å². The van der Waals surface area contributed by atoms with Crippen LogP contribution in [0.5, 0.6) is 0 Å². The minimum atomic E-state index is -0.131. The van der Waals surface area contributed by atoms with Gasteiger partial charge in [-0.2, -0.15) is 0 Å². The van der Waals surface area contributed by atoms with E-state index in [4.69, 9.17) is 0 Å². The van der Waals surface area contributed by atoms with Crippen LogP contribution in [0.25, 0.3) is 0 Å². The molecule has 1 atom stereocenters.